The van der Waals surface area contributed by atoms with Crippen LogP contribution in [0.5, 0.6) is 0 Å². The Hall–Kier alpha value is -2.58. The zero-order valence-electron chi connectivity index (χ0n) is 14.3. The molecule has 0 saturated carbocycles. The summed E-state index contributed by atoms with van der Waals surface area (Å²) in [4.78, 5) is -1.16. The number of nitrogens with two attached hydrogens (primary N) is 1. The summed E-state index contributed by atoms with van der Waals surface area (Å²) < 4.78 is 56.4. The number of aryl methyl sites for hydroxylation is 3. The molecule has 0 fully saturated rings. The Morgan fingerprint density at radius 2 is 1.46 bits per heavy atom. The van der Waals surface area contributed by atoms with Crippen molar-refractivity contribution in [3.05, 3.63) is 58.9 Å². The minimum absolute atomic E-state index is 0.111. The second-order valence-corrected chi connectivity index (χ2v) is 7.65. The van der Waals surface area contributed by atoms with Crippen LogP contribution in [0.15, 0.2) is 39.8 Å². The quantitative estimate of drug-likeness (QED) is 0.750. The van der Waals surface area contributed by atoms with Crippen LogP contribution in [-0.2, 0) is 10.0 Å². The molecule has 5 nitrogen and oxygen atoms in total. The van der Waals surface area contributed by atoms with Gasteiger partial charge in [0.2, 0.25) is 10.0 Å². The molecule has 0 aliphatic heterocycles. The molecule has 0 bridgehead atoms. The van der Waals surface area contributed by atoms with Gasteiger partial charge in [-0.05, 0) is 50.6 Å². The molecule has 26 heavy (non-hydrogen) atoms. The third-order valence-electron chi connectivity index (χ3n) is 3.93. The molecule has 3 aromatic rings. The summed E-state index contributed by atoms with van der Waals surface area (Å²) in [6.07, 6.45) is 0. The Morgan fingerprint density at radius 3 is 1.96 bits per heavy atom. The van der Waals surface area contributed by atoms with Crippen molar-refractivity contribution in [1.82, 2.24) is 5.16 Å². The SMILES string of the molecule is Cc1cc(C)cc(-c2noc(C)c2-c2cc(F)c(S(N)(=O)=O)c(F)c2)c1. The van der Waals surface area contributed by atoms with E-state index in [2.05, 4.69) is 5.16 Å². The van der Waals surface area contributed by atoms with Gasteiger partial charge in [-0.25, -0.2) is 22.3 Å². The van der Waals surface area contributed by atoms with Gasteiger partial charge in [-0.1, -0.05) is 22.3 Å². The van der Waals surface area contributed by atoms with E-state index >= 15 is 0 Å². The molecule has 0 aliphatic rings. The summed E-state index contributed by atoms with van der Waals surface area (Å²) in [5, 5.41) is 8.88. The van der Waals surface area contributed by atoms with Gasteiger partial charge < -0.3 is 4.52 Å². The van der Waals surface area contributed by atoms with E-state index in [1.165, 1.54) is 0 Å². The van der Waals surface area contributed by atoms with E-state index in [1.807, 2.05) is 32.0 Å². The molecule has 0 amide bonds. The molecule has 0 saturated heterocycles. The van der Waals surface area contributed by atoms with Gasteiger partial charge in [-0.2, -0.15) is 0 Å². The highest BCUT2D eigenvalue weighted by atomic mass is 32.2. The predicted octanol–water partition coefficient (Wildman–Crippen LogP) is 3.86. The minimum atomic E-state index is -4.52. The Balaban J connectivity index is 2.25. The number of primary sulfonamides is 1. The monoisotopic (exact) mass is 378 g/mol. The molecule has 2 aromatic carbocycles. The van der Waals surface area contributed by atoms with Crippen molar-refractivity contribution < 1.29 is 21.7 Å². The zero-order chi connectivity index (χ0) is 19.2. The van der Waals surface area contributed by atoms with Crippen LogP contribution in [0.4, 0.5) is 8.78 Å². The Bertz CT molecular complexity index is 1080. The van der Waals surface area contributed by atoms with Crippen LogP contribution in [0.3, 0.4) is 0 Å². The lowest BCUT2D eigenvalue weighted by Gasteiger charge is -2.08. The Morgan fingerprint density at radius 1 is 0.923 bits per heavy atom. The van der Waals surface area contributed by atoms with Crippen molar-refractivity contribution in [1.29, 1.82) is 0 Å². The molecule has 0 atom stereocenters. The fourth-order valence-corrected chi connectivity index (χ4v) is 3.66. The number of aromatic nitrogens is 1. The highest BCUT2D eigenvalue weighted by Gasteiger charge is 2.24. The largest absolute Gasteiger partial charge is 0.360 e. The van der Waals surface area contributed by atoms with Crippen molar-refractivity contribution in [3.63, 3.8) is 0 Å². The number of halogens is 2. The maximum atomic E-state index is 14.2. The fourth-order valence-electron chi connectivity index (χ4n) is 3.00. The van der Waals surface area contributed by atoms with Crippen LogP contribution in [0, 0.1) is 32.4 Å². The second-order valence-electron chi connectivity index (χ2n) is 6.15. The first kappa shape index (κ1) is 18.2. The first-order valence-electron chi connectivity index (χ1n) is 7.65. The van der Waals surface area contributed by atoms with Gasteiger partial charge in [0.15, 0.2) is 4.90 Å². The molecule has 136 valence electrons. The topological polar surface area (TPSA) is 86.2 Å². The molecular weight excluding hydrogens is 362 g/mol. The lowest BCUT2D eigenvalue weighted by Crippen LogP contribution is -2.16. The number of sulfonamides is 1. The number of nitrogens with zero attached hydrogens (tertiary/aromatic N) is 1. The molecule has 3 rings (SSSR count). The zero-order valence-corrected chi connectivity index (χ0v) is 15.1. The van der Waals surface area contributed by atoms with E-state index in [9.17, 15) is 17.2 Å². The maximum Gasteiger partial charge on any atom is 0.243 e. The maximum absolute atomic E-state index is 14.2. The molecule has 0 unspecified atom stereocenters. The normalized spacial score (nSPS) is 11.8. The molecular formula is C18H16F2N2O3S. The van der Waals surface area contributed by atoms with Crippen molar-refractivity contribution in [2.75, 3.05) is 0 Å². The average molecular weight is 378 g/mol. The van der Waals surface area contributed by atoms with E-state index in [4.69, 9.17) is 9.66 Å². The van der Waals surface area contributed by atoms with Gasteiger partial charge >= 0.3 is 0 Å². The summed E-state index contributed by atoms with van der Waals surface area (Å²) in [6, 6.07) is 7.55. The molecule has 2 N–H and O–H groups in total. The lowest BCUT2D eigenvalue weighted by atomic mass is 9.97. The first-order valence-corrected chi connectivity index (χ1v) is 9.19. The van der Waals surface area contributed by atoms with Gasteiger partial charge in [0.25, 0.3) is 0 Å². The van der Waals surface area contributed by atoms with E-state index in [-0.39, 0.29) is 5.56 Å². The van der Waals surface area contributed by atoms with Crippen molar-refractivity contribution in [2.24, 2.45) is 5.14 Å². The van der Waals surface area contributed by atoms with E-state index in [0.717, 1.165) is 28.8 Å². The molecule has 0 radical (unpaired) electrons. The van der Waals surface area contributed by atoms with Crippen LogP contribution < -0.4 is 5.14 Å². The number of benzene rings is 2. The van der Waals surface area contributed by atoms with Crippen molar-refractivity contribution in [2.45, 2.75) is 25.7 Å². The Labute approximate surface area is 149 Å². The summed E-state index contributed by atoms with van der Waals surface area (Å²) in [5.74, 6) is -2.19. The van der Waals surface area contributed by atoms with Crippen LogP contribution in [-0.4, -0.2) is 13.6 Å². The number of hydrogen-bond acceptors (Lipinski definition) is 4. The molecule has 1 heterocycles. The van der Waals surface area contributed by atoms with Gasteiger partial charge in [0.05, 0.1) is 5.56 Å². The minimum Gasteiger partial charge on any atom is -0.360 e. The predicted molar refractivity (Wildman–Crippen MR) is 92.9 cm³/mol. The van der Waals surface area contributed by atoms with Gasteiger partial charge in [-0.15, -0.1) is 0 Å². The fraction of sp³-hybridized carbons (Fsp3) is 0.167. The van der Waals surface area contributed by atoms with E-state index < -0.39 is 26.6 Å². The smallest absolute Gasteiger partial charge is 0.243 e. The first-order chi connectivity index (χ1) is 12.1. The molecule has 8 heteroatoms. The molecule has 0 aliphatic carbocycles. The standard InChI is InChI=1S/C18H16F2N2O3S/c1-9-4-10(2)6-13(5-9)17-16(11(3)25-22-17)12-7-14(19)18(15(20)8-12)26(21,23)24/h4-8H,1-3H3,(H2,21,23,24). The summed E-state index contributed by atoms with van der Waals surface area (Å²) in [5.41, 5.74) is 3.62. The number of hydrogen-bond donors (Lipinski definition) is 1. The van der Waals surface area contributed by atoms with Crippen LogP contribution in [0.25, 0.3) is 22.4 Å². The van der Waals surface area contributed by atoms with Crippen molar-refractivity contribution in [3.8, 4) is 22.4 Å². The molecule has 0 spiro atoms. The Kier molecular flexibility index (Phi) is 4.41. The van der Waals surface area contributed by atoms with Gasteiger partial charge in [0, 0.05) is 5.56 Å². The lowest BCUT2D eigenvalue weighted by molar-refractivity contribution is 0.400. The molecule has 1 aromatic heterocycles. The van der Waals surface area contributed by atoms with Gasteiger partial charge in [0.1, 0.15) is 23.1 Å². The van der Waals surface area contributed by atoms with Crippen molar-refractivity contribution >= 4 is 10.0 Å². The van der Waals surface area contributed by atoms with Crippen LogP contribution >= 0.6 is 0 Å². The summed E-state index contributed by atoms with van der Waals surface area (Å²) in [7, 11) is -4.52. The highest BCUT2D eigenvalue weighted by Crippen LogP contribution is 2.36. The van der Waals surface area contributed by atoms with E-state index in [1.54, 1.807) is 6.92 Å². The third kappa shape index (κ3) is 3.25. The van der Waals surface area contributed by atoms with Crippen LogP contribution in [0.2, 0.25) is 0 Å². The van der Waals surface area contributed by atoms with Gasteiger partial charge in [-0.3, -0.25) is 0 Å². The highest BCUT2D eigenvalue weighted by molar-refractivity contribution is 7.89. The number of rotatable bonds is 3. The summed E-state index contributed by atoms with van der Waals surface area (Å²) in [6.45, 7) is 5.45. The van der Waals surface area contributed by atoms with Crippen LogP contribution in [0.1, 0.15) is 16.9 Å². The summed E-state index contributed by atoms with van der Waals surface area (Å²) >= 11 is 0. The average Bonchev–Trinajstić information content (AvgIpc) is 2.85. The third-order valence-corrected chi connectivity index (χ3v) is 4.89. The van der Waals surface area contributed by atoms with E-state index in [0.29, 0.717) is 17.0 Å². The second kappa shape index (κ2) is 6.30.